The third kappa shape index (κ3) is 3.29. The maximum atomic E-state index is 13.7. The normalized spacial score (nSPS) is 10.1. The summed E-state index contributed by atoms with van der Waals surface area (Å²) >= 11 is 2.12. The number of nitrogens with one attached hydrogen (secondary N) is 1. The summed E-state index contributed by atoms with van der Waals surface area (Å²) in [6, 6.07) is 9.86. The highest BCUT2D eigenvalue weighted by Crippen LogP contribution is 2.18. The molecule has 0 aliphatic heterocycles. The van der Waals surface area contributed by atoms with E-state index in [1.807, 2.05) is 0 Å². The van der Waals surface area contributed by atoms with Crippen LogP contribution in [-0.2, 0) is 0 Å². The van der Waals surface area contributed by atoms with Crippen LogP contribution in [0.2, 0.25) is 0 Å². The number of anilines is 1. The second kappa shape index (κ2) is 5.95. The smallest absolute Gasteiger partial charge is 0.272 e. The van der Waals surface area contributed by atoms with Crippen molar-refractivity contribution in [2.24, 2.45) is 0 Å². The van der Waals surface area contributed by atoms with E-state index in [-0.39, 0.29) is 5.56 Å². The Bertz CT molecular complexity index is 674. The van der Waals surface area contributed by atoms with Crippen molar-refractivity contribution in [1.82, 2.24) is 0 Å². The van der Waals surface area contributed by atoms with Crippen LogP contribution in [0.15, 0.2) is 42.5 Å². The minimum absolute atomic E-state index is 0.242. The number of hydrogen-bond acceptors (Lipinski definition) is 3. The fourth-order valence-corrected chi connectivity index (χ4v) is 1.89. The molecule has 0 heterocycles. The molecule has 0 aliphatic rings. The fraction of sp³-hybridized carbons (Fsp3) is 0. The van der Waals surface area contributed by atoms with Crippen molar-refractivity contribution in [2.75, 3.05) is 5.32 Å². The SMILES string of the molecule is O=C(Nc1ccc(I)cc1)c1ccc([N+](=O)[O-])cc1F. The molecule has 0 unspecified atom stereocenters. The summed E-state index contributed by atoms with van der Waals surface area (Å²) in [7, 11) is 0. The monoisotopic (exact) mass is 386 g/mol. The largest absolute Gasteiger partial charge is 0.322 e. The highest BCUT2D eigenvalue weighted by Gasteiger charge is 2.16. The maximum Gasteiger partial charge on any atom is 0.272 e. The van der Waals surface area contributed by atoms with Crippen LogP contribution < -0.4 is 5.32 Å². The Hall–Kier alpha value is -2.03. The average Bonchev–Trinajstić information content (AvgIpc) is 2.41. The van der Waals surface area contributed by atoms with Crippen LogP contribution in [0.4, 0.5) is 15.8 Å². The molecule has 5 nitrogen and oxygen atoms in total. The number of nitro benzene ring substituents is 1. The lowest BCUT2D eigenvalue weighted by atomic mass is 10.1. The van der Waals surface area contributed by atoms with Crippen molar-refractivity contribution >= 4 is 39.9 Å². The van der Waals surface area contributed by atoms with Gasteiger partial charge in [-0.05, 0) is 52.9 Å². The van der Waals surface area contributed by atoms with E-state index in [9.17, 15) is 19.3 Å². The van der Waals surface area contributed by atoms with E-state index in [0.29, 0.717) is 5.69 Å². The third-order valence-electron chi connectivity index (χ3n) is 2.51. The number of benzene rings is 2. The van der Waals surface area contributed by atoms with Crippen molar-refractivity contribution in [3.8, 4) is 0 Å². The minimum atomic E-state index is -0.929. The topological polar surface area (TPSA) is 72.2 Å². The Morgan fingerprint density at radius 3 is 2.40 bits per heavy atom. The molecule has 1 N–H and O–H groups in total. The molecule has 0 aromatic heterocycles. The first kappa shape index (κ1) is 14.4. The van der Waals surface area contributed by atoms with Crippen molar-refractivity contribution in [3.05, 3.63) is 67.5 Å². The molecule has 7 heteroatoms. The molecule has 0 saturated carbocycles. The van der Waals surface area contributed by atoms with E-state index in [1.165, 1.54) is 0 Å². The molecule has 1 amide bonds. The molecule has 20 heavy (non-hydrogen) atoms. The summed E-state index contributed by atoms with van der Waals surface area (Å²) in [6.45, 7) is 0. The standard InChI is InChI=1S/C13H8FIN2O3/c14-12-7-10(17(19)20)5-6-11(12)13(18)16-9-3-1-8(15)2-4-9/h1-7H,(H,16,18). The summed E-state index contributed by atoms with van der Waals surface area (Å²) < 4.78 is 14.7. The lowest BCUT2D eigenvalue weighted by molar-refractivity contribution is -0.385. The number of amides is 1. The quantitative estimate of drug-likeness (QED) is 0.498. The average molecular weight is 386 g/mol. The molecule has 102 valence electrons. The van der Waals surface area contributed by atoms with Gasteiger partial charge in [-0.2, -0.15) is 0 Å². The van der Waals surface area contributed by atoms with Crippen LogP contribution in [0.3, 0.4) is 0 Å². The van der Waals surface area contributed by atoms with Gasteiger partial charge in [0.15, 0.2) is 0 Å². The molecule has 0 radical (unpaired) electrons. The van der Waals surface area contributed by atoms with Gasteiger partial charge in [0.2, 0.25) is 0 Å². The number of carbonyl (C=O) groups is 1. The van der Waals surface area contributed by atoms with Gasteiger partial charge in [0.1, 0.15) is 5.82 Å². The zero-order valence-corrected chi connectivity index (χ0v) is 12.1. The van der Waals surface area contributed by atoms with E-state index in [1.54, 1.807) is 24.3 Å². The van der Waals surface area contributed by atoms with Gasteiger partial charge in [-0.1, -0.05) is 0 Å². The number of non-ortho nitro benzene ring substituents is 1. The van der Waals surface area contributed by atoms with Crippen LogP contribution in [0, 0.1) is 19.5 Å². The Morgan fingerprint density at radius 2 is 1.85 bits per heavy atom. The Morgan fingerprint density at radius 1 is 1.20 bits per heavy atom. The third-order valence-corrected chi connectivity index (χ3v) is 3.23. The van der Waals surface area contributed by atoms with Crippen molar-refractivity contribution in [3.63, 3.8) is 0 Å². The predicted molar refractivity (Wildman–Crippen MR) is 80.2 cm³/mol. The minimum Gasteiger partial charge on any atom is -0.322 e. The first-order valence-corrected chi connectivity index (χ1v) is 6.56. The Labute approximate surface area is 127 Å². The summed E-state index contributed by atoms with van der Waals surface area (Å²) in [5, 5.41) is 13.0. The van der Waals surface area contributed by atoms with Gasteiger partial charge in [0, 0.05) is 15.3 Å². The zero-order chi connectivity index (χ0) is 14.7. The molecule has 0 saturated heterocycles. The number of carbonyl (C=O) groups excluding carboxylic acids is 1. The number of nitro groups is 1. The molecule has 2 rings (SSSR count). The molecule has 0 fully saturated rings. The van der Waals surface area contributed by atoms with E-state index >= 15 is 0 Å². The van der Waals surface area contributed by atoms with Gasteiger partial charge in [-0.25, -0.2) is 4.39 Å². The van der Waals surface area contributed by atoms with E-state index in [0.717, 1.165) is 21.8 Å². The number of rotatable bonds is 3. The van der Waals surface area contributed by atoms with Gasteiger partial charge in [0.25, 0.3) is 11.6 Å². The van der Waals surface area contributed by atoms with Gasteiger partial charge >= 0.3 is 0 Å². The second-order valence-electron chi connectivity index (χ2n) is 3.88. The Kier molecular flexibility index (Phi) is 4.28. The fourth-order valence-electron chi connectivity index (χ4n) is 1.53. The zero-order valence-electron chi connectivity index (χ0n) is 9.97. The predicted octanol–water partition coefficient (Wildman–Crippen LogP) is 3.59. The molecule has 0 atom stereocenters. The van der Waals surface area contributed by atoms with Gasteiger partial charge in [-0.15, -0.1) is 0 Å². The van der Waals surface area contributed by atoms with Gasteiger partial charge in [-0.3, -0.25) is 14.9 Å². The van der Waals surface area contributed by atoms with E-state index < -0.39 is 22.3 Å². The first-order valence-electron chi connectivity index (χ1n) is 5.48. The first-order chi connectivity index (χ1) is 9.47. The summed E-state index contributed by atoms with van der Waals surface area (Å²) in [5.41, 5.74) is -0.115. The number of hydrogen-bond donors (Lipinski definition) is 1. The summed E-state index contributed by atoms with van der Waals surface area (Å²) in [4.78, 5) is 21.7. The van der Waals surface area contributed by atoms with Gasteiger partial charge in [0.05, 0.1) is 16.6 Å². The van der Waals surface area contributed by atoms with Crippen molar-refractivity contribution in [1.29, 1.82) is 0 Å². The molecular weight excluding hydrogens is 378 g/mol. The van der Waals surface area contributed by atoms with Gasteiger partial charge < -0.3 is 5.32 Å². The second-order valence-corrected chi connectivity index (χ2v) is 5.13. The van der Waals surface area contributed by atoms with E-state index in [4.69, 9.17) is 0 Å². The lowest BCUT2D eigenvalue weighted by Gasteiger charge is -2.06. The lowest BCUT2D eigenvalue weighted by Crippen LogP contribution is -2.13. The van der Waals surface area contributed by atoms with Crippen LogP contribution in [-0.4, -0.2) is 10.8 Å². The Balaban J connectivity index is 2.21. The van der Waals surface area contributed by atoms with Crippen LogP contribution in [0.5, 0.6) is 0 Å². The van der Waals surface area contributed by atoms with Crippen LogP contribution in [0.1, 0.15) is 10.4 Å². The van der Waals surface area contributed by atoms with Crippen LogP contribution in [0.25, 0.3) is 0 Å². The molecule has 2 aromatic rings. The highest BCUT2D eigenvalue weighted by atomic mass is 127. The van der Waals surface area contributed by atoms with Crippen molar-refractivity contribution < 1.29 is 14.1 Å². The molecule has 0 aliphatic carbocycles. The number of nitrogens with zero attached hydrogens (tertiary/aromatic N) is 1. The van der Waals surface area contributed by atoms with E-state index in [2.05, 4.69) is 27.9 Å². The highest BCUT2D eigenvalue weighted by molar-refractivity contribution is 14.1. The van der Waals surface area contributed by atoms with Crippen molar-refractivity contribution in [2.45, 2.75) is 0 Å². The molecule has 0 bridgehead atoms. The number of halogens is 2. The van der Waals surface area contributed by atoms with Crippen LogP contribution >= 0.6 is 22.6 Å². The summed E-state index contributed by atoms with van der Waals surface area (Å²) in [6.07, 6.45) is 0. The summed E-state index contributed by atoms with van der Waals surface area (Å²) in [5.74, 6) is -1.58. The maximum absolute atomic E-state index is 13.7. The molecule has 2 aromatic carbocycles. The molecule has 0 spiro atoms. The molecular formula is C13H8FIN2O3.